The lowest BCUT2D eigenvalue weighted by molar-refractivity contribution is 0.119. The molecule has 140 valence electrons. The monoisotopic (exact) mass is 337 g/mol. The molecule has 1 unspecified atom stereocenters. The van der Waals surface area contributed by atoms with Crippen LogP contribution in [-0.2, 0) is 0 Å². The Bertz CT molecular complexity index is 389. The number of rotatable bonds is 5. The van der Waals surface area contributed by atoms with Crippen LogP contribution < -0.4 is 5.32 Å². The SMILES string of the molecule is CCNC(=NCC1CN(C)CCN1C)N(C)CC1CCC(C)CC1. The average Bonchev–Trinajstić information content (AvgIpc) is 2.56. The lowest BCUT2D eigenvalue weighted by Crippen LogP contribution is -2.51. The van der Waals surface area contributed by atoms with Gasteiger partial charge in [-0.2, -0.15) is 0 Å². The van der Waals surface area contributed by atoms with Gasteiger partial charge in [0.15, 0.2) is 5.96 Å². The number of nitrogens with one attached hydrogen (secondary N) is 1. The van der Waals surface area contributed by atoms with E-state index in [-0.39, 0.29) is 0 Å². The van der Waals surface area contributed by atoms with Gasteiger partial charge in [0.2, 0.25) is 0 Å². The van der Waals surface area contributed by atoms with Crippen molar-refractivity contribution < 1.29 is 0 Å². The first kappa shape index (κ1) is 19.5. The summed E-state index contributed by atoms with van der Waals surface area (Å²) < 4.78 is 0. The summed E-state index contributed by atoms with van der Waals surface area (Å²) in [6.07, 6.45) is 5.54. The number of hydrogen-bond acceptors (Lipinski definition) is 3. The molecule has 2 rings (SSSR count). The number of nitrogens with zero attached hydrogens (tertiary/aromatic N) is 4. The van der Waals surface area contributed by atoms with Crippen LogP contribution in [0.4, 0.5) is 0 Å². The second-order valence-corrected chi connectivity index (χ2v) is 8.10. The van der Waals surface area contributed by atoms with Crippen molar-refractivity contribution in [3.63, 3.8) is 0 Å². The van der Waals surface area contributed by atoms with Crippen molar-refractivity contribution in [2.45, 2.75) is 45.6 Å². The Morgan fingerprint density at radius 3 is 2.54 bits per heavy atom. The van der Waals surface area contributed by atoms with Gasteiger partial charge in [0, 0.05) is 45.8 Å². The zero-order valence-corrected chi connectivity index (χ0v) is 16.6. The molecule has 1 heterocycles. The van der Waals surface area contributed by atoms with E-state index in [1.165, 1.54) is 25.7 Å². The van der Waals surface area contributed by atoms with E-state index in [0.29, 0.717) is 6.04 Å². The van der Waals surface area contributed by atoms with E-state index in [4.69, 9.17) is 4.99 Å². The summed E-state index contributed by atoms with van der Waals surface area (Å²) in [5.74, 6) is 2.84. The van der Waals surface area contributed by atoms with Gasteiger partial charge in [0.1, 0.15) is 0 Å². The molecular formula is C19H39N5. The summed E-state index contributed by atoms with van der Waals surface area (Å²) in [7, 11) is 6.65. The fourth-order valence-corrected chi connectivity index (χ4v) is 3.95. The standard InChI is InChI=1S/C19H39N5/c1-6-20-19(21-13-18-15-22(3)11-12-23(18)4)24(5)14-17-9-7-16(2)8-10-17/h16-18H,6-15H2,1-5H3,(H,20,21). The van der Waals surface area contributed by atoms with Crippen molar-refractivity contribution in [3.05, 3.63) is 0 Å². The summed E-state index contributed by atoms with van der Waals surface area (Å²) in [4.78, 5) is 12.2. The van der Waals surface area contributed by atoms with Gasteiger partial charge in [-0.05, 0) is 45.7 Å². The highest BCUT2D eigenvalue weighted by molar-refractivity contribution is 5.79. The molecule has 1 atom stereocenters. The van der Waals surface area contributed by atoms with Crippen LogP contribution in [-0.4, -0.2) is 87.1 Å². The normalized spacial score (nSPS) is 30.4. The molecule has 1 saturated heterocycles. The average molecular weight is 338 g/mol. The van der Waals surface area contributed by atoms with Gasteiger partial charge in [-0.25, -0.2) is 0 Å². The van der Waals surface area contributed by atoms with Crippen molar-refractivity contribution >= 4 is 5.96 Å². The van der Waals surface area contributed by atoms with E-state index in [1.54, 1.807) is 0 Å². The molecule has 0 aromatic rings. The first-order valence-electron chi connectivity index (χ1n) is 9.87. The number of hydrogen-bond donors (Lipinski definition) is 1. The molecule has 1 saturated carbocycles. The third-order valence-corrected chi connectivity index (χ3v) is 5.80. The van der Waals surface area contributed by atoms with E-state index >= 15 is 0 Å². The predicted molar refractivity (Wildman–Crippen MR) is 104 cm³/mol. The molecule has 5 nitrogen and oxygen atoms in total. The molecule has 2 aliphatic rings. The van der Waals surface area contributed by atoms with Crippen LogP contribution >= 0.6 is 0 Å². The number of likely N-dealkylation sites (N-methyl/N-ethyl adjacent to an activating group) is 2. The summed E-state index contributed by atoms with van der Waals surface area (Å²) in [6, 6.07) is 0.529. The molecule has 1 aliphatic carbocycles. The Balaban J connectivity index is 1.89. The zero-order valence-electron chi connectivity index (χ0n) is 16.6. The largest absolute Gasteiger partial charge is 0.357 e. The number of aliphatic imine (C=N–C) groups is 1. The molecule has 24 heavy (non-hydrogen) atoms. The quantitative estimate of drug-likeness (QED) is 0.614. The molecule has 0 aromatic heterocycles. The molecule has 0 radical (unpaired) electrons. The van der Waals surface area contributed by atoms with Gasteiger partial charge in [-0.3, -0.25) is 9.89 Å². The summed E-state index contributed by atoms with van der Waals surface area (Å²) in [5, 5.41) is 3.49. The zero-order chi connectivity index (χ0) is 17.5. The fourth-order valence-electron chi connectivity index (χ4n) is 3.95. The highest BCUT2D eigenvalue weighted by atomic mass is 15.3. The first-order valence-corrected chi connectivity index (χ1v) is 9.87. The molecule has 0 spiro atoms. The summed E-state index contributed by atoms with van der Waals surface area (Å²) >= 11 is 0. The molecule has 0 amide bonds. The number of piperazine rings is 1. The molecule has 2 fully saturated rings. The molecular weight excluding hydrogens is 298 g/mol. The van der Waals surface area contributed by atoms with E-state index in [2.05, 4.69) is 55.0 Å². The third kappa shape index (κ3) is 5.92. The maximum Gasteiger partial charge on any atom is 0.193 e. The van der Waals surface area contributed by atoms with Gasteiger partial charge in [0.25, 0.3) is 0 Å². The highest BCUT2D eigenvalue weighted by Crippen LogP contribution is 2.28. The molecule has 5 heteroatoms. The van der Waals surface area contributed by atoms with Crippen LogP contribution in [0.5, 0.6) is 0 Å². The molecule has 1 N–H and O–H groups in total. The lowest BCUT2D eigenvalue weighted by Gasteiger charge is -2.37. The second-order valence-electron chi connectivity index (χ2n) is 8.10. The molecule has 1 aliphatic heterocycles. The van der Waals surface area contributed by atoms with Gasteiger partial charge in [-0.1, -0.05) is 19.8 Å². The highest BCUT2D eigenvalue weighted by Gasteiger charge is 2.23. The van der Waals surface area contributed by atoms with Crippen molar-refractivity contribution in [3.8, 4) is 0 Å². The van der Waals surface area contributed by atoms with Crippen molar-refractivity contribution in [1.82, 2.24) is 20.0 Å². The van der Waals surface area contributed by atoms with E-state index < -0.39 is 0 Å². The van der Waals surface area contributed by atoms with Crippen LogP contribution in [0, 0.1) is 11.8 Å². The third-order valence-electron chi connectivity index (χ3n) is 5.80. The Morgan fingerprint density at radius 1 is 1.17 bits per heavy atom. The van der Waals surface area contributed by atoms with E-state index in [9.17, 15) is 0 Å². The molecule has 0 bridgehead atoms. The van der Waals surface area contributed by atoms with Crippen molar-refractivity contribution in [2.24, 2.45) is 16.8 Å². The van der Waals surface area contributed by atoms with Gasteiger partial charge in [-0.15, -0.1) is 0 Å². The van der Waals surface area contributed by atoms with E-state index in [1.807, 2.05) is 0 Å². The molecule has 0 aromatic carbocycles. The maximum atomic E-state index is 4.97. The minimum absolute atomic E-state index is 0.529. The van der Waals surface area contributed by atoms with Crippen LogP contribution in [0.3, 0.4) is 0 Å². The van der Waals surface area contributed by atoms with Crippen LogP contribution in [0.25, 0.3) is 0 Å². The summed E-state index contributed by atoms with van der Waals surface area (Å²) in [5.41, 5.74) is 0. The Morgan fingerprint density at radius 2 is 1.88 bits per heavy atom. The maximum absolute atomic E-state index is 4.97. The number of guanidine groups is 1. The Hall–Kier alpha value is -0.810. The minimum atomic E-state index is 0.529. The minimum Gasteiger partial charge on any atom is -0.357 e. The van der Waals surface area contributed by atoms with Gasteiger partial charge < -0.3 is 15.1 Å². The smallest absolute Gasteiger partial charge is 0.193 e. The van der Waals surface area contributed by atoms with Crippen LogP contribution in [0.15, 0.2) is 4.99 Å². The summed E-state index contributed by atoms with van der Waals surface area (Å²) in [6.45, 7) is 10.9. The van der Waals surface area contributed by atoms with Crippen LogP contribution in [0.1, 0.15) is 39.5 Å². The topological polar surface area (TPSA) is 34.1 Å². The van der Waals surface area contributed by atoms with Crippen molar-refractivity contribution in [2.75, 3.05) is 60.4 Å². The van der Waals surface area contributed by atoms with E-state index in [0.717, 1.165) is 57.1 Å². The van der Waals surface area contributed by atoms with Crippen molar-refractivity contribution in [1.29, 1.82) is 0 Å². The van der Waals surface area contributed by atoms with Gasteiger partial charge in [0.05, 0.1) is 6.54 Å². The Kier molecular flexibility index (Phi) is 7.82. The predicted octanol–water partition coefficient (Wildman–Crippen LogP) is 1.96. The fraction of sp³-hybridized carbons (Fsp3) is 0.947. The second kappa shape index (κ2) is 9.62. The lowest BCUT2D eigenvalue weighted by atomic mass is 9.83. The first-order chi connectivity index (χ1) is 11.5. The van der Waals surface area contributed by atoms with Gasteiger partial charge >= 0.3 is 0 Å². The van der Waals surface area contributed by atoms with Crippen LogP contribution in [0.2, 0.25) is 0 Å². The Labute approximate surface area is 149 Å².